The number of carbonyl (C=O) groups excluding carboxylic acids is 1. The Balaban J connectivity index is 1.70. The molecule has 0 unspecified atom stereocenters. The first kappa shape index (κ1) is 18.8. The molecule has 0 bridgehead atoms. The summed E-state index contributed by atoms with van der Waals surface area (Å²) in [7, 11) is 0. The Morgan fingerprint density at radius 2 is 1.93 bits per heavy atom. The van der Waals surface area contributed by atoms with Crippen LogP contribution in [0.4, 0.5) is 14.5 Å². The van der Waals surface area contributed by atoms with Gasteiger partial charge in [0.15, 0.2) is 0 Å². The molecule has 0 fully saturated rings. The van der Waals surface area contributed by atoms with Crippen LogP contribution in [0.2, 0.25) is 0 Å². The number of aliphatic imine (C=N–C) groups is 1. The van der Waals surface area contributed by atoms with Gasteiger partial charge in [-0.25, -0.2) is 8.78 Å². The number of nitrogens with zero attached hydrogens (tertiary/aromatic N) is 1. The van der Waals surface area contributed by atoms with Gasteiger partial charge < -0.3 is 10.6 Å². The van der Waals surface area contributed by atoms with Crippen molar-refractivity contribution >= 4 is 17.3 Å². The number of benzene rings is 2. The van der Waals surface area contributed by atoms with Gasteiger partial charge in [-0.2, -0.15) is 0 Å². The van der Waals surface area contributed by atoms with E-state index in [-0.39, 0.29) is 11.9 Å². The molecule has 2 aromatic carbocycles. The third-order valence-electron chi connectivity index (χ3n) is 4.05. The van der Waals surface area contributed by atoms with Crippen LogP contribution in [0.5, 0.6) is 0 Å². The zero-order valence-electron chi connectivity index (χ0n) is 15.2. The van der Waals surface area contributed by atoms with E-state index in [1.165, 1.54) is 18.2 Å². The highest BCUT2D eigenvalue weighted by atomic mass is 19.1. The van der Waals surface area contributed by atoms with Gasteiger partial charge in [-0.15, -0.1) is 0 Å². The monoisotopic (exact) mass is 369 g/mol. The molecule has 0 aromatic heterocycles. The second-order valence-electron chi connectivity index (χ2n) is 6.70. The van der Waals surface area contributed by atoms with E-state index in [4.69, 9.17) is 0 Å². The normalized spacial score (nSPS) is 13.0. The van der Waals surface area contributed by atoms with Gasteiger partial charge in [0.2, 0.25) is 5.91 Å². The molecule has 4 nitrogen and oxygen atoms in total. The SMILES string of the molecule is CC(C)NC(=O)/C=C/C1=NCc2ccc(NCc3cc(F)cc(F)c3)cc21. The molecule has 1 amide bonds. The minimum absolute atomic E-state index is 0.0726. The van der Waals surface area contributed by atoms with E-state index in [9.17, 15) is 13.6 Å². The maximum atomic E-state index is 13.3. The molecule has 0 aliphatic carbocycles. The second kappa shape index (κ2) is 8.12. The minimum Gasteiger partial charge on any atom is -0.381 e. The summed E-state index contributed by atoms with van der Waals surface area (Å²) >= 11 is 0. The van der Waals surface area contributed by atoms with E-state index in [2.05, 4.69) is 15.6 Å². The lowest BCUT2D eigenvalue weighted by Crippen LogP contribution is -2.28. The zero-order chi connectivity index (χ0) is 19.4. The molecule has 0 atom stereocenters. The molecule has 1 aliphatic rings. The van der Waals surface area contributed by atoms with Crippen LogP contribution in [0, 0.1) is 11.6 Å². The van der Waals surface area contributed by atoms with Crippen molar-refractivity contribution < 1.29 is 13.6 Å². The first-order valence-corrected chi connectivity index (χ1v) is 8.76. The number of carbonyl (C=O) groups is 1. The predicted octanol–water partition coefficient (Wildman–Crippen LogP) is 3.96. The van der Waals surface area contributed by atoms with Gasteiger partial charge in [-0.05, 0) is 55.3 Å². The minimum atomic E-state index is -0.597. The molecule has 1 heterocycles. The number of hydrogen-bond donors (Lipinski definition) is 2. The van der Waals surface area contributed by atoms with E-state index in [1.807, 2.05) is 32.0 Å². The number of rotatable bonds is 6. The summed E-state index contributed by atoms with van der Waals surface area (Å²) in [5.41, 5.74) is 4.09. The zero-order valence-corrected chi connectivity index (χ0v) is 15.2. The largest absolute Gasteiger partial charge is 0.381 e. The third kappa shape index (κ3) is 5.00. The summed E-state index contributed by atoms with van der Waals surface area (Å²) in [4.78, 5) is 16.2. The van der Waals surface area contributed by atoms with Crippen LogP contribution in [0.1, 0.15) is 30.5 Å². The fraction of sp³-hybridized carbons (Fsp3) is 0.238. The number of allylic oxidation sites excluding steroid dienone is 1. The van der Waals surface area contributed by atoms with Gasteiger partial charge in [-0.3, -0.25) is 9.79 Å². The first-order valence-electron chi connectivity index (χ1n) is 8.76. The van der Waals surface area contributed by atoms with Crippen molar-refractivity contribution in [1.29, 1.82) is 0 Å². The van der Waals surface area contributed by atoms with Crippen molar-refractivity contribution in [3.8, 4) is 0 Å². The van der Waals surface area contributed by atoms with Crippen molar-refractivity contribution in [3.63, 3.8) is 0 Å². The second-order valence-corrected chi connectivity index (χ2v) is 6.70. The number of fused-ring (bicyclic) bond motifs is 1. The van der Waals surface area contributed by atoms with E-state index in [1.54, 1.807) is 6.08 Å². The van der Waals surface area contributed by atoms with Crippen molar-refractivity contribution in [3.05, 3.63) is 76.9 Å². The van der Waals surface area contributed by atoms with Crippen molar-refractivity contribution in [2.45, 2.75) is 33.0 Å². The van der Waals surface area contributed by atoms with Crippen LogP contribution in [0.25, 0.3) is 0 Å². The van der Waals surface area contributed by atoms with Crippen molar-refractivity contribution in [1.82, 2.24) is 5.32 Å². The summed E-state index contributed by atoms with van der Waals surface area (Å²) in [6, 6.07) is 9.32. The van der Waals surface area contributed by atoms with E-state index >= 15 is 0 Å². The lowest BCUT2D eigenvalue weighted by atomic mass is 10.0. The van der Waals surface area contributed by atoms with Gasteiger partial charge in [0.05, 0.1) is 12.3 Å². The quantitative estimate of drug-likeness (QED) is 0.758. The molecule has 140 valence electrons. The molecule has 2 N–H and O–H groups in total. The molecule has 0 saturated heterocycles. The smallest absolute Gasteiger partial charge is 0.244 e. The van der Waals surface area contributed by atoms with Gasteiger partial charge in [0.25, 0.3) is 0 Å². The maximum absolute atomic E-state index is 13.3. The van der Waals surface area contributed by atoms with Gasteiger partial charge in [0.1, 0.15) is 11.6 Å². The summed E-state index contributed by atoms with van der Waals surface area (Å²) in [6.45, 7) is 4.66. The number of nitrogens with one attached hydrogen (secondary N) is 2. The van der Waals surface area contributed by atoms with Crippen molar-refractivity contribution in [2.24, 2.45) is 4.99 Å². The lowest BCUT2D eigenvalue weighted by Gasteiger charge is -2.09. The highest BCUT2D eigenvalue weighted by Gasteiger charge is 2.14. The van der Waals surface area contributed by atoms with Crippen LogP contribution < -0.4 is 10.6 Å². The first-order chi connectivity index (χ1) is 12.9. The Labute approximate surface area is 157 Å². The average Bonchev–Trinajstić information content (AvgIpc) is 2.99. The average molecular weight is 369 g/mol. The Morgan fingerprint density at radius 1 is 1.19 bits per heavy atom. The van der Waals surface area contributed by atoms with Crippen LogP contribution in [0.3, 0.4) is 0 Å². The molecule has 27 heavy (non-hydrogen) atoms. The Hall–Kier alpha value is -3.02. The lowest BCUT2D eigenvalue weighted by molar-refractivity contribution is -0.116. The summed E-state index contributed by atoms with van der Waals surface area (Å²) in [5.74, 6) is -1.36. The number of anilines is 1. The molecule has 6 heteroatoms. The molecule has 3 rings (SSSR count). The molecular formula is C21H21F2N3O. The van der Waals surface area contributed by atoms with E-state index in [0.29, 0.717) is 18.7 Å². The summed E-state index contributed by atoms with van der Waals surface area (Å²) < 4.78 is 26.6. The predicted molar refractivity (Wildman–Crippen MR) is 103 cm³/mol. The highest BCUT2D eigenvalue weighted by molar-refractivity contribution is 6.13. The fourth-order valence-corrected chi connectivity index (χ4v) is 2.87. The van der Waals surface area contributed by atoms with E-state index in [0.717, 1.165) is 28.6 Å². The van der Waals surface area contributed by atoms with Crippen molar-refractivity contribution in [2.75, 3.05) is 5.32 Å². The Bertz CT molecular complexity index is 899. The number of amides is 1. The van der Waals surface area contributed by atoms with Gasteiger partial charge in [0, 0.05) is 36.0 Å². The summed E-state index contributed by atoms with van der Waals surface area (Å²) in [6.07, 6.45) is 3.18. The van der Waals surface area contributed by atoms with Crippen LogP contribution in [-0.2, 0) is 17.9 Å². The van der Waals surface area contributed by atoms with E-state index < -0.39 is 11.6 Å². The third-order valence-corrected chi connectivity index (χ3v) is 4.05. The maximum Gasteiger partial charge on any atom is 0.244 e. The molecular weight excluding hydrogens is 348 g/mol. The highest BCUT2D eigenvalue weighted by Crippen LogP contribution is 2.24. The summed E-state index contributed by atoms with van der Waals surface area (Å²) in [5, 5.41) is 5.96. The van der Waals surface area contributed by atoms with Gasteiger partial charge >= 0.3 is 0 Å². The standard InChI is InChI=1S/C21H21F2N3O/c1-13(2)26-21(27)6-5-20-19-10-18(4-3-15(19)12-25-20)24-11-14-7-16(22)9-17(23)8-14/h3-10,13,24H,11-12H2,1-2H3,(H,26,27)/b6-5+. The number of hydrogen-bond acceptors (Lipinski definition) is 3. The Kier molecular flexibility index (Phi) is 5.64. The molecule has 1 aliphatic heterocycles. The fourth-order valence-electron chi connectivity index (χ4n) is 2.87. The Morgan fingerprint density at radius 3 is 2.63 bits per heavy atom. The van der Waals surface area contributed by atoms with Crippen LogP contribution in [0.15, 0.2) is 53.5 Å². The molecule has 0 spiro atoms. The topological polar surface area (TPSA) is 53.5 Å². The van der Waals surface area contributed by atoms with Crippen LogP contribution in [-0.4, -0.2) is 17.7 Å². The molecule has 0 saturated carbocycles. The van der Waals surface area contributed by atoms with Crippen LogP contribution >= 0.6 is 0 Å². The molecule has 0 radical (unpaired) electrons. The molecule has 2 aromatic rings. The van der Waals surface area contributed by atoms with Gasteiger partial charge in [-0.1, -0.05) is 6.07 Å². The number of halogens is 2.